The molecule has 3 rings (SSSR count). The molecule has 0 saturated heterocycles. The molecule has 0 saturated carbocycles. The maximum absolute atomic E-state index is 13.0. The Labute approximate surface area is 184 Å². The van der Waals surface area contributed by atoms with Gasteiger partial charge in [-0.2, -0.15) is 0 Å². The van der Waals surface area contributed by atoms with Crippen molar-refractivity contribution >= 4 is 21.6 Å². The zero-order valence-electron chi connectivity index (χ0n) is 18.5. The Balaban J connectivity index is 1.82. The summed E-state index contributed by atoms with van der Waals surface area (Å²) in [6, 6.07) is 19.3. The Morgan fingerprint density at radius 1 is 0.903 bits per heavy atom. The average molecular weight is 437 g/mol. The Morgan fingerprint density at radius 2 is 1.55 bits per heavy atom. The van der Waals surface area contributed by atoms with Crippen molar-refractivity contribution < 1.29 is 13.2 Å². The molecule has 0 aliphatic carbocycles. The van der Waals surface area contributed by atoms with Gasteiger partial charge in [-0.3, -0.25) is 9.10 Å². The first-order chi connectivity index (χ1) is 14.6. The third-order valence-electron chi connectivity index (χ3n) is 5.39. The Bertz CT molecular complexity index is 1200. The predicted octanol–water partition coefficient (Wildman–Crippen LogP) is 4.93. The van der Waals surface area contributed by atoms with Gasteiger partial charge in [-0.25, -0.2) is 8.42 Å². The van der Waals surface area contributed by atoms with Gasteiger partial charge >= 0.3 is 0 Å². The first kappa shape index (κ1) is 22.6. The maximum atomic E-state index is 13.0. The lowest BCUT2D eigenvalue weighted by atomic mass is 10.00. The number of hydrogen-bond donors (Lipinski definition) is 1. The lowest BCUT2D eigenvalue weighted by Crippen LogP contribution is -2.29. The smallest absolute Gasteiger partial charge is 0.264 e. The second-order valence-electron chi connectivity index (χ2n) is 7.89. The van der Waals surface area contributed by atoms with E-state index in [1.165, 1.54) is 16.9 Å². The second kappa shape index (κ2) is 8.94. The number of carbonyl (C=O) groups excluding carboxylic acids is 1. The molecule has 31 heavy (non-hydrogen) atoms. The number of carbonyl (C=O) groups is 1. The number of nitrogens with zero attached hydrogens (tertiary/aromatic N) is 1. The van der Waals surface area contributed by atoms with E-state index in [-0.39, 0.29) is 16.8 Å². The van der Waals surface area contributed by atoms with Crippen molar-refractivity contribution in [2.45, 2.75) is 38.6 Å². The molecule has 0 radical (unpaired) electrons. The summed E-state index contributed by atoms with van der Waals surface area (Å²) in [5, 5.41) is 3.01. The number of nitrogens with one attached hydrogen (secondary N) is 1. The Kier molecular flexibility index (Phi) is 6.51. The minimum Gasteiger partial charge on any atom is -0.346 e. The molecule has 3 aromatic rings. The summed E-state index contributed by atoms with van der Waals surface area (Å²) in [5.74, 6) is -0.254. The standard InChI is InChI=1S/C25H28N2O3S/c1-17-9-12-23(13-10-17)31(29,30)27(5)22-8-6-7-21(16-22)25(28)26-20(4)24-14-11-18(2)15-19(24)3/h6-16,20H,1-5H3,(H,26,28)/t20-/m1/s1. The van der Waals surface area contributed by atoms with Crippen LogP contribution in [0.1, 0.15) is 45.6 Å². The summed E-state index contributed by atoms with van der Waals surface area (Å²) in [7, 11) is -2.23. The molecule has 0 aliphatic heterocycles. The van der Waals surface area contributed by atoms with Crippen LogP contribution in [0.5, 0.6) is 0 Å². The predicted molar refractivity (Wildman–Crippen MR) is 125 cm³/mol. The highest BCUT2D eigenvalue weighted by Gasteiger charge is 2.22. The summed E-state index contributed by atoms with van der Waals surface area (Å²) in [6.45, 7) is 7.90. The number of sulfonamides is 1. The van der Waals surface area contributed by atoms with Gasteiger partial charge in [0.25, 0.3) is 15.9 Å². The lowest BCUT2D eigenvalue weighted by Gasteiger charge is -2.21. The molecule has 6 heteroatoms. The fraction of sp³-hybridized carbons (Fsp3) is 0.240. The van der Waals surface area contributed by atoms with Gasteiger partial charge in [0.1, 0.15) is 0 Å². The van der Waals surface area contributed by atoms with E-state index in [2.05, 4.69) is 11.4 Å². The molecular formula is C25H28N2O3S. The van der Waals surface area contributed by atoms with Gasteiger partial charge in [0.15, 0.2) is 0 Å². The highest BCUT2D eigenvalue weighted by molar-refractivity contribution is 7.92. The number of aryl methyl sites for hydroxylation is 3. The zero-order valence-corrected chi connectivity index (χ0v) is 19.3. The van der Waals surface area contributed by atoms with Crippen molar-refractivity contribution in [2.24, 2.45) is 0 Å². The largest absolute Gasteiger partial charge is 0.346 e. The monoisotopic (exact) mass is 436 g/mol. The van der Waals surface area contributed by atoms with E-state index in [4.69, 9.17) is 0 Å². The van der Waals surface area contributed by atoms with Gasteiger partial charge < -0.3 is 5.32 Å². The average Bonchev–Trinajstić information content (AvgIpc) is 2.73. The van der Waals surface area contributed by atoms with Crippen molar-refractivity contribution in [3.63, 3.8) is 0 Å². The van der Waals surface area contributed by atoms with Crippen LogP contribution in [-0.4, -0.2) is 21.4 Å². The topological polar surface area (TPSA) is 66.5 Å². The molecule has 3 aromatic carbocycles. The minimum atomic E-state index is -3.73. The number of benzene rings is 3. The summed E-state index contributed by atoms with van der Waals surface area (Å²) >= 11 is 0. The number of anilines is 1. The molecule has 1 atom stereocenters. The fourth-order valence-corrected chi connectivity index (χ4v) is 4.71. The highest BCUT2D eigenvalue weighted by Crippen LogP contribution is 2.24. The normalized spacial score (nSPS) is 12.3. The first-order valence-corrected chi connectivity index (χ1v) is 11.6. The van der Waals surface area contributed by atoms with E-state index in [1.54, 1.807) is 48.5 Å². The van der Waals surface area contributed by atoms with Crippen LogP contribution in [0.25, 0.3) is 0 Å². The van der Waals surface area contributed by atoms with Crippen LogP contribution >= 0.6 is 0 Å². The van der Waals surface area contributed by atoms with Crippen LogP contribution in [0.2, 0.25) is 0 Å². The molecule has 1 N–H and O–H groups in total. The van der Waals surface area contributed by atoms with E-state index in [0.717, 1.165) is 16.7 Å². The van der Waals surface area contributed by atoms with Crippen LogP contribution in [0.4, 0.5) is 5.69 Å². The molecule has 0 heterocycles. The maximum Gasteiger partial charge on any atom is 0.264 e. The van der Waals surface area contributed by atoms with Crippen molar-refractivity contribution in [3.8, 4) is 0 Å². The second-order valence-corrected chi connectivity index (χ2v) is 9.86. The van der Waals surface area contributed by atoms with Gasteiger partial charge in [-0.15, -0.1) is 0 Å². The molecule has 0 fully saturated rings. The summed E-state index contributed by atoms with van der Waals surface area (Å²) < 4.78 is 27.2. The lowest BCUT2D eigenvalue weighted by molar-refractivity contribution is 0.0940. The fourth-order valence-electron chi connectivity index (χ4n) is 3.52. The molecule has 1 amide bonds. The third kappa shape index (κ3) is 4.97. The molecule has 0 spiro atoms. The molecule has 162 valence electrons. The van der Waals surface area contributed by atoms with E-state index in [9.17, 15) is 13.2 Å². The van der Waals surface area contributed by atoms with Crippen molar-refractivity contribution in [2.75, 3.05) is 11.4 Å². The van der Waals surface area contributed by atoms with Crippen molar-refractivity contribution in [3.05, 3.63) is 94.5 Å². The quantitative estimate of drug-likeness (QED) is 0.596. The van der Waals surface area contributed by atoms with E-state index >= 15 is 0 Å². The van der Waals surface area contributed by atoms with Crippen LogP contribution < -0.4 is 9.62 Å². The third-order valence-corrected chi connectivity index (χ3v) is 7.19. The van der Waals surface area contributed by atoms with E-state index in [1.807, 2.05) is 39.8 Å². The molecule has 0 aromatic heterocycles. The minimum absolute atomic E-state index is 0.175. The molecule has 5 nitrogen and oxygen atoms in total. The van der Waals surface area contributed by atoms with Gasteiger partial charge in [0.2, 0.25) is 0 Å². The van der Waals surface area contributed by atoms with Gasteiger partial charge in [0, 0.05) is 12.6 Å². The summed E-state index contributed by atoms with van der Waals surface area (Å²) in [5.41, 5.74) is 5.15. The van der Waals surface area contributed by atoms with Crippen LogP contribution in [0.3, 0.4) is 0 Å². The summed E-state index contributed by atoms with van der Waals surface area (Å²) in [4.78, 5) is 13.1. The van der Waals surface area contributed by atoms with Crippen LogP contribution in [0, 0.1) is 20.8 Å². The number of amides is 1. The van der Waals surface area contributed by atoms with Gasteiger partial charge in [0.05, 0.1) is 16.6 Å². The number of hydrogen-bond acceptors (Lipinski definition) is 3. The first-order valence-electron chi connectivity index (χ1n) is 10.1. The van der Waals surface area contributed by atoms with Crippen molar-refractivity contribution in [1.29, 1.82) is 0 Å². The van der Waals surface area contributed by atoms with Gasteiger partial charge in [-0.05, 0) is 69.2 Å². The number of rotatable bonds is 6. The van der Waals surface area contributed by atoms with E-state index in [0.29, 0.717) is 11.3 Å². The molecular weight excluding hydrogens is 408 g/mol. The van der Waals surface area contributed by atoms with Gasteiger partial charge in [-0.1, -0.05) is 47.5 Å². The van der Waals surface area contributed by atoms with Crippen LogP contribution in [-0.2, 0) is 10.0 Å². The Hall–Kier alpha value is -3.12. The molecule has 0 bridgehead atoms. The van der Waals surface area contributed by atoms with Crippen LogP contribution in [0.15, 0.2) is 71.6 Å². The zero-order chi connectivity index (χ0) is 22.8. The highest BCUT2D eigenvalue weighted by atomic mass is 32.2. The molecule has 0 unspecified atom stereocenters. The van der Waals surface area contributed by atoms with E-state index < -0.39 is 10.0 Å². The SMILES string of the molecule is Cc1ccc(S(=O)(=O)N(C)c2cccc(C(=O)N[C@H](C)c3ccc(C)cc3C)c2)cc1. The molecule has 0 aliphatic rings. The Morgan fingerprint density at radius 3 is 2.19 bits per heavy atom. The van der Waals surface area contributed by atoms with Crippen molar-refractivity contribution in [1.82, 2.24) is 5.32 Å². The summed E-state index contributed by atoms with van der Waals surface area (Å²) in [6.07, 6.45) is 0.